The summed E-state index contributed by atoms with van der Waals surface area (Å²) in [6, 6.07) is 6.20. The molecule has 0 bridgehead atoms. The maximum Gasteiger partial charge on any atom is 0.459 e. The molecule has 0 amide bonds. The van der Waals surface area contributed by atoms with Crippen LogP contribution in [0.5, 0.6) is 0 Å². The van der Waals surface area contributed by atoms with Gasteiger partial charge in [-0.05, 0) is 43.7 Å². The first-order valence-electron chi connectivity index (χ1n) is 7.17. The van der Waals surface area contributed by atoms with Crippen molar-refractivity contribution in [3.63, 3.8) is 0 Å². The number of alkyl halides is 7. The third-order valence-corrected chi connectivity index (χ3v) is 4.22. The number of benzene rings is 1. The zero-order chi connectivity index (χ0) is 20.1. The fourth-order valence-corrected chi connectivity index (χ4v) is 2.77. The van der Waals surface area contributed by atoms with E-state index < -0.39 is 29.7 Å². The molecule has 2 aromatic rings. The first-order chi connectivity index (χ1) is 11.7. The number of nitrogens with zero attached hydrogens (tertiary/aromatic N) is 1. The van der Waals surface area contributed by atoms with E-state index in [-0.39, 0.29) is 5.02 Å². The summed E-state index contributed by atoms with van der Waals surface area (Å²) in [6.45, 7) is 3.45. The molecule has 144 valence electrons. The van der Waals surface area contributed by atoms with Gasteiger partial charge in [0.1, 0.15) is 6.10 Å². The molecule has 26 heavy (non-hydrogen) atoms. The second kappa shape index (κ2) is 6.45. The van der Waals surface area contributed by atoms with Crippen molar-refractivity contribution in [3.8, 4) is 5.69 Å². The Morgan fingerprint density at radius 2 is 1.42 bits per heavy atom. The molecule has 1 atom stereocenters. The summed E-state index contributed by atoms with van der Waals surface area (Å²) in [4.78, 5) is 0. The first-order valence-corrected chi connectivity index (χ1v) is 7.54. The highest BCUT2D eigenvalue weighted by molar-refractivity contribution is 6.32. The summed E-state index contributed by atoms with van der Waals surface area (Å²) >= 11 is 5.98. The van der Waals surface area contributed by atoms with E-state index in [1.165, 1.54) is 0 Å². The summed E-state index contributed by atoms with van der Waals surface area (Å²) in [5, 5.41) is 9.31. The van der Waals surface area contributed by atoms with Gasteiger partial charge < -0.3 is 9.67 Å². The van der Waals surface area contributed by atoms with Gasteiger partial charge >= 0.3 is 18.0 Å². The Bertz CT molecular complexity index is 794. The number of aromatic nitrogens is 1. The number of aliphatic hydroxyl groups excluding tert-OH is 1. The second-order valence-corrected chi connectivity index (χ2v) is 6.17. The Labute approximate surface area is 148 Å². The van der Waals surface area contributed by atoms with E-state index in [2.05, 4.69) is 0 Å². The third kappa shape index (κ3) is 3.18. The average molecular weight is 404 g/mol. The van der Waals surface area contributed by atoms with Gasteiger partial charge in [0, 0.05) is 11.4 Å². The summed E-state index contributed by atoms with van der Waals surface area (Å²) in [5.74, 6) is -12.2. The Kier molecular flexibility index (Phi) is 5.11. The van der Waals surface area contributed by atoms with E-state index in [9.17, 15) is 35.8 Å². The van der Waals surface area contributed by atoms with Gasteiger partial charge in [0.25, 0.3) is 0 Å². The maximum atomic E-state index is 13.6. The summed E-state index contributed by atoms with van der Waals surface area (Å²) < 4.78 is 91.8. The van der Waals surface area contributed by atoms with Gasteiger partial charge in [0.15, 0.2) is 0 Å². The highest BCUT2D eigenvalue weighted by atomic mass is 35.5. The predicted molar refractivity (Wildman–Crippen MR) is 81.2 cm³/mol. The van der Waals surface area contributed by atoms with Crippen LogP contribution in [0.3, 0.4) is 0 Å². The molecule has 0 aliphatic rings. The molecule has 0 aliphatic carbocycles. The minimum absolute atomic E-state index is 0.199. The van der Waals surface area contributed by atoms with Crippen LogP contribution in [0.4, 0.5) is 30.7 Å². The molecule has 1 aromatic carbocycles. The van der Waals surface area contributed by atoms with Gasteiger partial charge in [0.05, 0.1) is 10.7 Å². The average Bonchev–Trinajstić information content (AvgIpc) is 2.84. The van der Waals surface area contributed by atoms with E-state index in [0.29, 0.717) is 5.69 Å². The number of hydrogen-bond acceptors (Lipinski definition) is 1. The first kappa shape index (κ1) is 20.6. The Morgan fingerprint density at radius 3 is 1.85 bits per heavy atom. The zero-order valence-corrected chi connectivity index (χ0v) is 14.1. The van der Waals surface area contributed by atoms with Crippen molar-refractivity contribution in [1.82, 2.24) is 4.57 Å². The van der Waals surface area contributed by atoms with Crippen LogP contribution in [0.1, 0.15) is 23.1 Å². The SMILES string of the molecule is Cc1ccc(C)n1-c1ccc(C(O)C(F)(F)C(F)(F)C(F)(F)F)cc1Cl. The quantitative estimate of drug-likeness (QED) is 0.659. The van der Waals surface area contributed by atoms with E-state index in [0.717, 1.165) is 29.6 Å². The van der Waals surface area contributed by atoms with Crippen molar-refractivity contribution >= 4 is 11.6 Å². The lowest BCUT2D eigenvalue weighted by atomic mass is 9.98. The maximum absolute atomic E-state index is 13.6. The Balaban J connectivity index is 2.46. The topological polar surface area (TPSA) is 25.2 Å². The molecule has 10 heteroatoms. The fourth-order valence-electron chi connectivity index (χ4n) is 2.49. The van der Waals surface area contributed by atoms with Crippen LogP contribution in [0.2, 0.25) is 5.02 Å². The lowest BCUT2D eigenvalue weighted by molar-refractivity contribution is -0.372. The number of aliphatic hydroxyl groups is 1. The predicted octanol–water partition coefficient (Wildman–Crippen LogP) is 5.61. The molecule has 0 fully saturated rings. The van der Waals surface area contributed by atoms with Gasteiger partial charge in [-0.2, -0.15) is 30.7 Å². The van der Waals surface area contributed by atoms with Crippen LogP contribution in [-0.2, 0) is 0 Å². The largest absolute Gasteiger partial charge is 0.459 e. The monoisotopic (exact) mass is 403 g/mol. The van der Waals surface area contributed by atoms with Crippen LogP contribution in [0.15, 0.2) is 30.3 Å². The van der Waals surface area contributed by atoms with Gasteiger partial charge in [-0.3, -0.25) is 0 Å². The molecule has 2 rings (SSSR count). The minimum atomic E-state index is -6.53. The van der Waals surface area contributed by atoms with Crippen LogP contribution in [0, 0.1) is 13.8 Å². The molecule has 0 aliphatic heterocycles. The van der Waals surface area contributed by atoms with Gasteiger partial charge in [-0.25, -0.2) is 0 Å². The molecular weight excluding hydrogens is 391 g/mol. The number of rotatable bonds is 4. The van der Waals surface area contributed by atoms with Crippen molar-refractivity contribution in [2.75, 3.05) is 0 Å². The van der Waals surface area contributed by atoms with E-state index in [1.807, 2.05) is 0 Å². The van der Waals surface area contributed by atoms with Crippen molar-refractivity contribution in [2.45, 2.75) is 38.0 Å². The van der Waals surface area contributed by atoms with Crippen LogP contribution in [0.25, 0.3) is 5.69 Å². The number of hydrogen-bond donors (Lipinski definition) is 1. The smallest absolute Gasteiger partial charge is 0.382 e. The molecule has 1 heterocycles. The highest BCUT2D eigenvalue weighted by Crippen LogP contribution is 2.52. The lowest BCUT2D eigenvalue weighted by Gasteiger charge is -2.31. The Morgan fingerprint density at radius 1 is 0.923 bits per heavy atom. The molecule has 2 nitrogen and oxygen atoms in total. The molecular formula is C16H13ClF7NO. The molecule has 1 N–H and O–H groups in total. The van der Waals surface area contributed by atoms with Gasteiger partial charge in [-0.1, -0.05) is 17.7 Å². The number of aryl methyl sites for hydroxylation is 2. The zero-order valence-electron chi connectivity index (χ0n) is 13.4. The van der Waals surface area contributed by atoms with Crippen molar-refractivity contribution in [2.24, 2.45) is 0 Å². The molecule has 0 radical (unpaired) electrons. The molecule has 1 unspecified atom stereocenters. The molecule has 0 saturated heterocycles. The fraction of sp³-hybridized carbons (Fsp3) is 0.375. The lowest BCUT2D eigenvalue weighted by Crippen LogP contribution is -2.54. The van der Waals surface area contributed by atoms with Crippen molar-refractivity contribution < 1.29 is 35.8 Å². The molecule has 0 saturated carbocycles. The van der Waals surface area contributed by atoms with Crippen LogP contribution in [-0.4, -0.2) is 27.7 Å². The number of halogens is 8. The minimum Gasteiger partial charge on any atom is -0.382 e. The molecule has 0 spiro atoms. The normalized spacial score (nSPS) is 14.6. The molecule has 1 aromatic heterocycles. The van der Waals surface area contributed by atoms with Gasteiger partial charge in [-0.15, -0.1) is 0 Å². The van der Waals surface area contributed by atoms with Gasteiger partial charge in [0.2, 0.25) is 0 Å². The summed E-state index contributed by atoms with van der Waals surface area (Å²) in [5.41, 5.74) is 0.891. The van der Waals surface area contributed by atoms with Crippen LogP contribution >= 0.6 is 11.6 Å². The van der Waals surface area contributed by atoms with Crippen molar-refractivity contribution in [3.05, 3.63) is 52.3 Å². The van der Waals surface area contributed by atoms with Crippen molar-refractivity contribution in [1.29, 1.82) is 0 Å². The van der Waals surface area contributed by atoms with E-state index in [1.54, 1.807) is 30.5 Å². The highest BCUT2D eigenvalue weighted by Gasteiger charge is 2.75. The summed E-state index contributed by atoms with van der Waals surface area (Å²) in [6.07, 6.45) is -9.93. The van der Waals surface area contributed by atoms with E-state index in [4.69, 9.17) is 11.6 Å². The third-order valence-electron chi connectivity index (χ3n) is 3.92. The summed E-state index contributed by atoms with van der Waals surface area (Å²) in [7, 11) is 0. The van der Waals surface area contributed by atoms with Crippen LogP contribution < -0.4 is 0 Å². The standard InChI is InChI=1S/C16H13ClF7NO/c1-8-3-4-9(2)25(8)12-6-5-10(7-11(12)17)13(26)14(18,19)15(20,21)16(22,23)24/h3-7,13,26H,1-2H3. The second-order valence-electron chi connectivity index (χ2n) is 5.76. The van der Waals surface area contributed by atoms with E-state index >= 15 is 0 Å². The Hall–Kier alpha value is -1.74.